The summed E-state index contributed by atoms with van der Waals surface area (Å²) in [4.78, 5) is 13.7. The maximum absolute atomic E-state index is 11.5. The van der Waals surface area contributed by atoms with Crippen LogP contribution < -0.4 is 0 Å². The average Bonchev–Trinajstić information content (AvgIpc) is 3.17. The van der Waals surface area contributed by atoms with Gasteiger partial charge in [-0.05, 0) is 36.9 Å². The first-order valence-corrected chi connectivity index (χ1v) is 8.44. The van der Waals surface area contributed by atoms with E-state index in [1.165, 1.54) is 11.1 Å². The summed E-state index contributed by atoms with van der Waals surface area (Å²) in [5, 5.41) is 10.6. The van der Waals surface area contributed by atoms with Crippen LogP contribution >= 0.6 is 0 Å². The van der Waals surface area contributed by atoms with Crippen LogP contribution in [0.15, 0.2) is 36.4 Å². The van der Waals surface area contributed by atoms with Crippen molar-refractivity contribution >= 4 is 5.97 Å². The number of hydrogen-bond donors (Lipinski definition) is 1. The Hall–Kier alpha value is -1.65. The Morgan fingerprint density at radius 3 is 2.65 bits per heavy atom. The Morgan fingerprint density at radius 1 is 1.26 bits per heavy atom. The quantitative estimate of drug-likeness (QED) is 0.680. The van der Waals surface area contributed by atoms with Gasteiger partial charge in [0.1, 0.15) is 6.10 Å². The molecule has 0 amide bonds. The van der Waals surface area contributed by atoms with Crippen molar-refractivity contribution in [2.24, 2.45) is 11.8 Å². The zero-order valence-corrected chi connectivity index (χ0v) is 13.4. The summed E-state index contributed by atoms with van der Waals surface area (Å²) < 4.78 is 5.36. The lowest BCUT2D eigenvalue weighted by molar-refractivity contribution is -0.141. The molecule has 1 aliphatic carbocycles. The molecule has 1 aromatic rings. The highest BCUT2D eigenvalue weighted by molar-refractivity contribution is 5.72. The second kappa shape index (κ2) is 5.77. The van der Waals surface area contributed by atoms with E-state index in [0.29, 0.717) is 6.42 Å². The van der Waals surface area contributed by atoms with Gasteiger partial charge in [0.2, 0.25) is 0 Å². The zero-order valence-electron chi connectivity index (χ0n) is 13.4. The van der Waals surface area contributed by atoms with Gasteiger partial charge in [-0.15, -0.1) is 0 Å². The Balaban J connectivity index is 1.42. The molecule has 1 N–H and O–H groups in total. The SMILES string of the molecule is CN1CC2OC(=O)CC2C1/C=C/C(O)C1Cc2ccccc2C1. The molecule has 0 saturated carbocycles. The van der Waals surface area contributed by atoms with Crippen molar-refractivity contribution in [2.45, 2.75) is 37.5 Å². The van der Waals surface area contributed by atoms with Gasteiger partial charge in [0.25, 0.3) is 0 Å². The average molecular weight is 313 g/mol. The number of esters is 1. The van der Waals surface area contributed by atoms with Gasteiger partial charge in [0, 0.05) is 18.5 Å². The molecule has 4 heteroatoms. The number of nitrogens with zero attached hydrogens (tertiary/aromatic N) is 1. The number of aliphatic hydroxyl groups is 1. The van der Waals surface area contributed by atoms with Crippen LogP contribution in [0.2, 0.25) is 0 Å². The lowest BCUT2D eigenvalue weighted by atomic mass is 9.94. The summed E-state index contributed by atoms with van der Waals surface area (Å²) in [6, 6.07) is 8.62. The molecule has 2 saturated heterocycles. The van der Waals surface area contributed by atoms with Crippen LogP contribution in [0.25, 0.3) is 0 Å². The molecular formula is C19H23NO3. The van der Waals surface area contributed by atoms with Gasteiger partial charge in [-0.1, -0.05) is 36.4 Å². The number of hydrogen-bond acceptors (Lipinski definition) is 4. The molecule has 3 aliphatic rings. The topological polar surface area (TPSA) is 49.8 Å². The Labute approximate surface area is 136 Å². The maximum atomic E-state index is 11.5. The van der Waals surface area contributed by atoms with Crippen molar-refractivity contribution in [2.75, 3.05) is 13.6 Å². The van der Waals surface area contributed by atoms with E-state index in [1.54, 1.807) is 0 Å². The van der Waals surface area contributed by atoms with Gasteiger partial charge in [0.05, 0.1) is 12.5 Å². The molecule has 4 unspecified atom stereocenters. The molecule has 2 aliphatic heterocycles. The lowest BCUT2D eigenvalue weighted by Gasteiger charge is -2.20. The van der Waals surface area contributed by atoms with Crippen LogP contribution in [-0.2, 0) is 22.4 Å². The molecule has 0 spiro atoms. The van der Waals surface area contributed by atoms with Crippen LogP contribution in [0.5, 0.6) is 0 Å². The maximum Gasteiger partial charge on any atom is 0.306 e. The fourth-order valence-corrected chi connectivity index (χ4v) is 4.38. The van der Waals surface area contributed by atoms with E-state index in [1.807, 2.05) is 6.08 Å². The Kier molecular flexibility index (Phi) is 3.74. The third kappa shape index (κ3) is 2.70. The number of carbonyl (C=O) groups excluding carboxylic acids is 1. The highest BCUT2D eigenvalue weighted by atomic mass is 16.6. The van der Waals surface area contributed by atoms with Crippen LogP contribution in [0.3, 0.4) is 0 Å². The molecule has 23 heavy (non-hydrogen) atoms. The van der Waals surface area contributed by atoms with E-state index in [9.17, 15) is 9.90 Å². The minimum atomic E-state index is -0.437. The van der Waals surface area contributed by atoms with E-state index >= 15 is 0 Å². The van der Waals surface area contributed by atoms with Crippen molar-refractivity contribution in [3.63, 3.8) is 0 Å². The van der Waals surface area contributed by atoms with E-state index in [4.69, 9.17) is 4.74 Å². The van der Waals surface area contributed by atoms with Crippen molar-refractivity contribution in [3.05, 3.63) is 47.5 Å². The second-order valence-electron chi connectivity index (χ2n) is 7.14. The molecule has 4 atom stereocenters. The molecule has 0 bridgehead atoms. The highest BCUT2D eigenvalue weighted by Gasteiger charge is 2.46. The molecule has 2 fully saturated rings. The predicted octanol–water partition coefficient (Wildman–Crippen LogP) is 1.56. The summed E-state index contributed by atoms with van der Waals surface area (Å²) in [5.41, 5.74) is 2.72. The number of ether oxygens (including phenoxy) is 1. The van der Waals surface area contributed by atoms with Gasteiger partial charge in [-0.2, -0.15) is 0 Å². The number of likely N-dealkylation sites (tertiary alicyclic amines) is 1. The monoisotopic (exact) mass is 313 g/mol. The largest absolute Gasteiger partial charge is 0.461 e. The van der Waals surface area contributed by atoms with Gasteiger partial charge in [0.15, 0.2) is 0 Å². The normalized spacial score (nSPS) is 32.3. The number of carbonyl (C=O) groups is 1. The number of aliphatic hydroxyl groups excluding tert-OH is 1. The summed E-state index contributed by atoms with van der Waals surface area (Å²) in [6.07, 6.45) is 5.98. The fourth-order valence-electron chi connectivity index (χ4n) is 4.38. The van der Waals surface area contributed by atoms with Gasteiger partial charge in [-0.25, -0.2) is 0 Å². The number of likely N-dealkylation sites (N-methyl/N-ethyl adjacent to an activating group) is 1. The van der Waals surface area contributed by atoms with Crippen molar-refractivity contribution in [3.8, 4) is 0 Å². The third-order valence-corrected chi connectivity index (χ3v) is 5.65. The molecular weight excluding hydrogens is 290 g/mol. The smallest absolute Gasteiger partial charge is 0.306 e. The molecule has 4 nitrogen and oxygen atoms in total. The Morgan fingerprint density at radius 2 is 1.96 bits per heavy atom. The predicted molar refractivity (Wildman–Crippen MR) is 86.9 cm³/mol. The minimum absolute atomic E-state index is 0.0232. The van der Waals surface area contributed by atoms with Crippen LogP contribution in [0, 0.1) is 11.8 Å². The molecule has 0 aromatic heterocycles. The van der Waals surface area contributed by atoms with E-state index in [0.717, 1.165) is 19.4 Å². The number of rotatable bonds is 3. The van der Waals surface area contributed by atoms with E-state index in [-0.39, 0.29) is 30.0 Å². The lowest BCUT2D eigenvalue weighted by Crippen LogP contribution is -2.29. The summed E-state index contributed by atoms with van der Waals surface area (Å²) in [7, 11) is 2.05. The van der Waals surface area contributed by atoms with Gasteiger partial charge < -0.3 is 9.84 Å². The first-order chi connectivity index (χ1) is 11.1. The molecule has 0 radical (unpaired) electrons. The third-order valence-electron chi connectivity index (χ3n) is 5.65. The van der Waals surface area contributed by atoms with Crippen LogP contribution in [0.4, 0.5) is 0 Å². The van der Waals surface area contributed by atoms with Gasteiger partial charge in [-0.3, -0.25) is 9.69 Å². The van der Waals surface area contributed by atoms with Crippen LogP contribution in [-0.4, -0.2) is 47.8 Å². The summed E-state index contributed by atoms with van der Waals surface area (Å²) in [5.74, 6) is 0.405. The summed E-state index contributed by atoms with van der Waals surface area (Å²) >= 11 is 0. The number of fused-ring (bicyclic) bond motifs is 2. The van der Waals surface area contributed by atoms with E-state index < -0.39 is 6.10 Å². The minimum Gasteiger partial charge on any atom is -0.461 e. The van der Waals surface area contributed by atoms with Crippen molar-refractivity contribution in [1.82, 2.24) is 4.90 Å². The molecule has 4 rings (SSSR count). The first kappa shape index (κ1) is 14.9. The number of benzene rings is 1. The van der Waals surface area contributed by atoms with Crippen LogP contribution in [0.1, 0.15) is 17.5 Å². The zero-order chi connectivity index (χ0) is 16.0. The standard InChI is InChI=1S/C19H23NO3/c1-20-11-18-15(10-19(22)23-18)16(20)6-7-17(21)14-8-12-4-2-3-5-13(12)9-14/h2-7,14-18,21H,8-11H2,1H3/b7-6+. The highest BCUT2D eigenvalue weighted by Crippen LogP contribution is 2.35. The molecule has 2 heterocycles. The van der Waals surface area contributed by atoms with Gasteiger partial charge >= 0.3 is 5.97 Å². The van der Waals surface area contributed by atoms with Crippen molar-refractivity contribution < 1.29 is 14.6 Å². The summed E-state index contributed by atoms with van der Waals surface area (Å²) in [6.45, 7) is 0.788. The molecule has 122 valence electrons. The van der Waals surface area contributed by atoms with E-state index in [2.05, 4.69) is 42.3 Å². The Bertz CT molecular complexity index is 616. The van der Waals surface area contributed by atoms with Crippen molar-refractivity contribution in [1.29, 1.82) is 0 Å². The fraction of sp³-hybridized carbons (Fsp3) is 0.526. The second-order valence-corrected chi connectivity index (χ2v) is 7.14. The molecule has 1 aromatic carbocycles. The first-order valence-electron chi connectivity index (χ1n) is 8.44.